The van der Waals surface area contributed by atoms with Crippen molar-refractivity contribution in [2.24, 2.45) is 0 Å². The Labute approximate surface area is 131 Å². The molecule has 4 nitrogen and oxygen atoms in total. The number of ether oxygens (including phenoxy) is 2. The summed E-state index contributed by atoms with van der Waals surface area (Å²) in [6.07, 6.45) is 0. The topological polar surface area (TPSA) is 55.8 Å². The van der Waals surface area contributed by atoms with Crippen LogP contribution >= 0.6 is 15.9 Å². The highest BCUT2D eigenvalue weighted by Gasteiger charge is 2.13. The lowest BCUT2D eigenvalue weighted by atomic mass is 10.1. The zero-order chi connectivity index (χ0) is 15.4. The maximum absolute atomic E-state index is 11.2. The monoisotopic (exact) mass is 350 g/mol. The number of methoxy groups -OCH3 is 1. The molecule has 0 spiro atoms. The molecule has 0 fully saturated rings. The van der Waals surface area contributed by atoms with Gasteiger partial charge in [-0.25, -0.2) is 4.79 Å². The third-order valence-corrected chi connectivity index (χ3v) is 3.66. The van der Waals surface area contributed by atoms with Crippen LogP contribution in [0.4, 0.5) is 0 Å². The SMILES string of the molecule is COc1ccc(COc2c(C)cccc2C(=O)O)cc1Br. The highest BCUT2D eigenvalue weighted by Crippen LogP contribution is 2.28. The van der Waals surface area contributed by atoms with Crippen molar-refractivity contribution in [1.82, 2.24) is 0 Å². The van der Waals surface area contributed by atoms with Gasteiger partial charge in [0.1, 0.15) is 23.7 Å². The van der Waals surface area contributed by atoms with Crippen molar-refractivity contribution in [3.8, 4) is 11.5 Å². The molecule has 0 radical (unpaired) electrons. The number of aromatic carboxylic acids is 1. The number of benzene rings is 2. The van der Waals surface area contributed by atoms with Crippen LogP contribution in [0, 0.1) is 6.92 Å². The summed E-state index contributed by atoms with van der Waals surface area (Å²) in [5.74, 6) is 0.141. The molecule has 0 heterocycles. The van der Waals surface area contributed by atoms with Gasteiger partial charge < -0.3 is 14.6 Å². The zero-order valence-electron chi connectivity index (χ0n) is 11.7. The first kappa shape index (κ1) is 15.4. The average molecular weight is 351 g/mol. The summed E-state index contributed by atoms with van der Waals surface area (Å²) in [6.45, 7) is 2.11. The molecule has 110 valence electrons. The van der Waals surface area contributed by atoms with E-state index in [1.807, 2.05) is 31.2 Å². The Hall–Kier alpha value is -2.01. The van der Waals surface area contributed by atoms with E-state index in [0.717, 1.165) is 21.3 Å². The molecule has 0 bridgehead atoms. The van der Waals surface area contributed by atoms with E-state index in [1.54, 1.807) is 13.2 Å². The highest BCUT2D eigenvalue weighted by atomic mass is 79.9. The van der Waals surface area contributed by atoms with Gasteiger partial charge >= 0.3 is 5.97 Å². The number of rotatable bonds is 5. The third kappa shape index (κ3) is 3.55. The fourth-order valence-corrected chi connectivity index (χ4v) is 2.56. The van der Waals surface area contributed by atoms with E-state index in [-0.39, 0.29) is 12.2 Å². The first-order chi connectivity index (χ1) is 10.0. The van der Waals surface area contributed by atoms with Gasteiger partial charge in [0.15, 0.2) is 0 Å². The molecule has 2 aromatic carbocycles. The summed E-state index contributed by atoms with van der Waals surface area (Å²) in [5, 5.41) is 9.20. The maximum atomic E-state index is 11.2. The van der Waals surface area contributed by atoms with Crippen molar-refractivity contribution in [2.75, 3.05) is 7.11 Å². The second-order valence-corrected chi connectivity index (χ2v) is 5.37. The minimum atomic E-state index is -0.996. The Bertz CT molecular complexity index is 667. The van der Waals surface area contributed by atoms with E-state index in [9.17, 15) is 9.90 Å². The van der Waals surface area contributed by atoms with Crippen LogP contribution in [0.2, 0.25) is 0 Å². The first-order valence-electron chi connectivity index (χ1n) is 6.31. The van der Waals surface area contributed by atoms with Crippen LogP contribution in [0.5, 0.6) is 11.5 Å². The largest absolute Gasteiger partial charge is 0.496 e. The second-order valence-electron chi connectivity index (χ2n) is 4.51. The van der Waals surface area contributed by atoms with Crippen molar-refractivity contribution < 1.29 is 19.4 Å². The molecule has 2 rings (SSSR count). The molecular weight excluding hydrogens is 336 g/mol. The summed E-state index contributed by atoms with van der Waals surface area (Å²) in [4.78, 5) is 11.2. The summed E-state index contributed by atoms with van der Waals surface area (Å²) in [7, 11) is 1.60. The molecule has 0 saturated carbocycles. The van der Waals surface area contributed by atoms with E-state index in [1.165, 1.54) is 6.07 Å². The summed E-state index contributed by atoms with van der Waals surface area (Å²) in [6, 6.07) is 10.7. The first-order valence-corrected chi connectivity index (χ1v) is 7.10. The molecule has 1 N–H and O–H groups in total. The number of aryl methyl sites for hydroxylation is 1. The van der Waals surface area contributed by atoms with Crippen LogP contribution < -0.4 is 9.47 Å². The van der Waals surface area contributed by atoms with Crippen LogP contribution in [-0.4, -0.2) is 18.2 Å². The van der Waals surface area contributed by atoms with Crippen LogP contribution in [0.15, 0.2) is 40.9 Å². The fourth-order valence-electron chi connectivity index (χ4n) is 1.97. The lowest BCUT2D eigenvalue weighted by Gasteiger charge is -2.12. The van der Waals surface area contributed by atoms with Gasteiger partial charge in [-0.2, -0.15) is 0 Å². The minimum Gasteiger partial charge on any atom is -0.496 e. The van der Waals surface area contributed by atoms with Gasteiger partial charge in [0.2, 0.25) is 0 Å². The van der Waals surface area contributed by atoms with E-state index >= 15 is 0 Å². The molecule has 0 unspecified atom stereocenters. The van der Waals surface area contributed by atoms with Crippen LogP contribution in [0.25, 0.3) is 0 Å². The predicted molar refractivity (Wildman–Crippen MR) is 83.2 cm³/mol. The Kier molecular flexibility index (Phi) is 4.85. The van der Waals surface area contributed by atoms with Gasteiger partial charge in [-0.15, -0.1) is 0 Å². The van der Waals surface area contributed by atoms with E-state index in [4.69, 9.17) is 9.47 Å². The van der Waals surface area contributed by atoms with Crippen molar-refractivity contribution in [2.45, 2.75) is 13.5 Å². The van der Waals surface area contributed by atoms with Crippen LogP contribution in [0.3, 0.4) is 0 Å². The molecule has 0 aliphatic heterocycles. The Morgan fingerprint density at radius 2 is 2.05 bits per heavy atom. The molecule has 0 saturated heterocycles. The molecule has 0 amide bonds. The van der Waals surface area contributed by atoms with Gasteiger partial charge in [-0.3, -0.25) is 0 Å². The van der Waals surface area contributed by atoms with E-state index < -0.39 is 5.97 Å². The van der Waals surface area contributed by atoms with E-state index in [2.05, 4.69) is 15.9 Å². The summed E-state index contributed by atoms with van der Waals surface area (Å²) in [5.41, 5.74) is 1.88. The Morgan fingerprint density at radius 3 is 2.67 bits per heavy atom. The minimum absolute atomic E-state index is 0.169. The zero-order valence-corrected chi connectivity index (χ0v) is 13.3. The van der Waals surface area contributed by atoms with Crippen molar-refractivity contribution in [3.63, 3.8) is 0 Å². The standard InChI is InChI=1S/C16H15BrO4/c1-10-4-3-5-12(16(18)19)15(10)21-9-11-6-7-14(20-2)13(17)8-11/h3-8H,9H2,1-2H3,(H,18,19). The van der Waals surface area contributed by atoms with Gasteiger partial charge in [0.25, 0.3) is 0 Å². The smallest absolute Gasteiger partial charge is 0.339 e. The average Bonchev–Trinajstić information content (AvgIpc) is 2.45. The predicted octanol–water partition coefficient (Wildman–Crippen LogP) is 4.04. The molecule has 5 heteroatoms. The number of para-hydroxylation sites is 1. The van der Waals surface area contributed by atoms with Crippen molar-refractivity contribution in [1.29, 1.82) is 0 Å². The van der Waals surface area contributed by atoms with Gasteiger partial charge in [-0.1, -0.05) is 18.2 Å². The normalized spacial score (nSPS) is 10.2. The number of hydrogen-bond donors (Lipinski definition) is 1. The lowest BCUT2D eigenvalue weighted by molar-refractivity contribution is 0.0691. The highest BCUT2D eigenvalue weighted by molar-refractivity contribution is 9.10. The Morgan fingerprint density at radius 1 is 1.29 bits per heavy atom. The van der Waals surface area contributed by atoms with Gasteiger partial charge in [-0.05, 0) is 52.2 Å². The molecule has 0 aliphatic rings. The van der Waals surface area contributed by atoms with Crippen molar-refractivity contribution >= 4 is 21.9 Å². The number of carbonyl (C=O) groups is 1. The maximum Gasteiger partial charge on any atom is 0.339 e. The third-order valence-electron chi connectivity index (χ3n) is 3.04. The molecule has 2 aromatic rings. The molecule has 0 aromatic heterocycles. The van der Waals surface area contributed by atoms with Crippen LogP contribution in [0.1, 0.15) is 21.5 Å². The van der Waals surface area contributed by atoms with Gasteiger partial charge in [0, 0.05) is 0 Å². The summed E-state index contributed by atoms with van der Waals surface area (Å²) >= 11 is 3.41. The summed E-state index contributed by atoms with van der Waals surface area (Å²) < 4.78 is 11.7. The van der Waals surface area contributed by atoms with Gasteiger partial charge in [0.05, 0.1) is 11.6 Å². The molecule has 0 aliphatic carbocycles. The number of carboxylic acid groups (broad SMARTS) is 1. The molecule has 21 heavy (non-hydrogen) atoms. The molecular formula is C16H15BrO4. The lowest BCUT2D eigenvalue weighted by Crippen LogP contribution is -2.05. The quantitative estimate of drug-likeness (QED) is 0.883. The number of carboxylic acids is 1. The van der Waals surface area contributed by atoms with Crippen molar-refractivity contribution in [3.05, 3.63) is 57.6 Å². The van der Waals surface area contributed by atoms with E-state index in [0.29, 0.717) is 5.75 Å². The number of halogens is 1. The fraction of sp³-hybridized carbons (Fsp3) is 0.188. The van der Waals surface area contributed by atoms with Crippen LogP contribution in [-0.2, 0) is 6.61 Å². The second kappa shape index (κ2) is 6.63. The molecule has 0 atom stereocenters. The Balaban J connectivity index is 2.20. The number of hydrogen-bond acceptors (Lipinski definition) is 3.